The molecule has 16 heavy (non-hydrogen) atoms. The lowest BCUT2D eigenvalue weighted by atomic mass is 10.2. The van der Waals surface area contributed by atoms with Crippen molar-refractivity contribution < 1.29 is 9.59 Å². The second-order valence-corrected chi connectivity index (χ2v) is 5.05. The highest BCUT2D eigenvalue weighted by Gasteiger charge is 2.17. The minimum atomic E-state index is -0.429. The maximum Gasteiger partial charge on any atom is 0.217 e. The van der Waals surface area contributed by atoms with Gasteiger partial charge in [0, 0.05) is 12.7 Å². The average Bonchev–Trinajstić information content (AvgIpc) is 2.25. The van der Waals surface area contributed by atoms with Crippen molar-refractivity contribution >= 4 is 35.1 Å². The normalized spacial score (nSPS) is 12.2. The molecule has 0 aliphatic carbocycles. The molecule has 1 amide bonds. The average molecular weight is 266 g/mol. The minimum Gasteiger partial charge on any atom is -0.346 e. The van der Waals surface area contributed by atoms with Gasteiger partial charge in [-0.2, -0.15) is 11.8 Å². The van der Waals surface area contributed by atoms with Crippen molar-refractivity contribution in [1.82, 2.24) is 5.32 Å². The summed E-state index contributed by atoms with van der Waals surface area (Å²) in [5.74, 6) is 1.31. The molecule has 0 aliphatic heterocycles. The molecule has 0 aromatic rings. The molecular weight excluding hydrogens is 246 g/mol. The Balaban J connectivity index is 3.83. The van der Waals surface area contributed by atoms with Crippen LogP contribution in [-0.4, -0.2) is 35.1 Å². The van der Waals surface area contributed by atoms with Crippen LogP contribution in [0.3, 0.4) is 0 Å². The Morgan fingerprint density at radius 3 is 2.56 bits per heavy atom. The van der Waals surface area contributed by atoms with Crippen molar-refractivity contribution in [2.75, 3.05) is 17.4 Å². The van der Waals surface area contributed by atoms with E-state index in [1.54, 1.807) is 11.8 Å². The number of Topliss-reactive ketones (excluding diaryl/α,β-unsaturated/α-hetero) is 1. The largest absolute Gasteiger partial charge is 0.346 e. The van der Waals surface area contributed by atoms with Crippen LogP contribution in [0.4, 0.5) is 0 Å². The second-order valence-electron chi connectivity index (χ2n) is 3.64. The number of thioether (sulfide) groups is 1. The first kappa shape index (κ1) is 15.8. The molecule has 0 aromatic heterocycles. The number of rotatable bonds is 9. The van der Waals surface area contributed by atoms with Crippen molar-refractivity contribution in [2.24, 2.45) is 0 Å². The number of carbonyl (C=O) groups excluding carboxylic acids is 2. The maximum absolute atomic E-state index is 11.4. The fourth-order valence-corrected chi connectivity index (χ4v) is 2.48. The quantitative estimate of drug-likeness (QED) is 0.514. The molecule has 0 saturated carbocycles. The van der Waals surface area contributed by atoms with Gasteiger partial charge in [0.25, 0.3) is 0 Å². The van der Waals surface area contributed by atoms with Gasteiger partial charge in [-0.25, -0.2) is 0 Å². The molecule has 0 saturated heterocycles. The first-order valence-electron chi connectivity index (χ1n) is 5.55. The summed E-state index contributed by atoms with van der Waals surface area (Å²) in [4.78, 5) is 22.3. The summed E-state index contributed by atoms with van der Waals surface area (Å²) < 4.78 is 0. The summed E-state index contributed by atoms with van der Waals surface area (Å²) in [6, 6.07) is -0.429. The van der Waals surface area contributed by atoms with Crippen molar-refractivity contribution in [3.63, 3.8) is 0 Å². The number of hydrogen-bond acceptors (Lipinski definition) is 3. The summed E-state index contributed by atoms with van der Waals surface area (Å²) in [6.45, 7) is 3.57. The van der Waals surface area contributed by atoms with Gasteiger partial charge in [0.05, 0.1) is 11.9 Å². The number of alkyl halides is 1. The SMILES string of the molecule is CCCCCSC[C@H](NC(C)=O)C(=O)CCl. The molecule has 0 radical (unpaired) electrons. The Labute approximate surface area is 107 Å². The third kappa shape index (κ3) is 7.99. The highest BCUT2D eigenvalue weighted by atomic mass is 35.5. The topological polar surface area (TPSA) is 46.2 Å². The molecular formula is C11H20ClNO2S. The van der Waals surface area contributed by atoms with Crippen LogP contribution >= 0.6 is 23.4 Å². The summed E-state index contributed by atoms with van der Waals surface area (Å²) in [5, 5.41) is 2.63. The van der Waals surface area contributed by atoms with E-state index in [9.17, 15) is 9.59 Å². The van der Waals surface area contributed by atoms with E-state index >= 15 is 0 Å². The van der Waals surface area contributed by atoms with Gasteiger partial charge >= 0.3 is 0 Å². The summed E-state index contributed by atoms with van der Waals surface area (Å²) in [5.41, 5.74) is 0. The van der Waals surface area contributed by atoms with Gasteiger partial charge in [0.1, 0.15) is 0 Å². The number of nitrogens with one attached hydrogen (secondary N) is 1. The molecule has 0 fully saturated rings. The Morgan fingerprint density at radius 2 is 2.06 bits per heavy atom. The summed E-state index contributed by atoms with van der Waals surface area (Å²) in [6.07, 6.45) is 3.56. The van der Waals surface area contributed by atoms with E-state index in [1.807, 2.05) is 0 Å². The van der Waals surface area contributed by atoms with E-state index < -0.39 is 6.04 Å². The van der Waals surface area contributed by atoms with Gasteiger partial charge in [-0.05, 0) is 12.2 Å². The van der Waals surface area contributed by atoms with E-state index in [-0.39, 0.29) is 17.6 Å². The lowest BCUT2D eigenvalue weighted by Crippen LogP contribution is -2.42. The fraction of sp³-hybridized carbons (Fsp3) is 0.818. The zero-order valence-corrected chi connectivity index (χ0v) is 11.5. The Hall–Kier alpha value is -0.220. The molecule has 0 spiro atoms. The van der Waals surface area contributed by atoms with Crippen LogP contribution in [0.1, 0.15) is 33.1 Å². The smallest absolute Gasteiger partial charge is 0.217 e. The first-order chi connectivity index (χ1) is 7.61. The maximum atomic E-state index is 11.4. The van der Waals surface area contributed by atoms with E-state index in [0.29, 0.717) is 5.75 Å². The molecule has 5 heteroatoms. The van der Waals surface area contributed by atoms with Crippen molar-refractivity contribution in [3.05, 3.63) is 0 Å². The van der Waals surface area contributed by atoms with Gasteiger partial charge in [-0.3, -0.25) is 9.59 Å². The summed E-state index contributed by atoms with van der Waals surface area (Å²) in [7, 11) is 0. The number of halogens is 1. The molecule has 0 rings (SSSR count). The third-order valence-electron chi connectivity index (χ3n) is 2.07. The Kier molecular flexibility index (Phi) is 9.83. The van der Waals surface area contributed by atoms with E-state index in [0.717, 1.165) is 12.2 Å². The van der Waals surface area contributed by atoms with Crippen LogP contribution in [0.2, 0.25) is 0 Å². The van der Waals surface area contributed by atoms with Crippen molar-refractivity contribution in [3.8, 4) is 0 Å². The number of hydrogen-bond donors (Lipinski definition) is 1. The van der Waals surface area contributed by atoms with Crippen LogP contribution in [-0.2, 0) is 9.59 Å². The van der Waals surface area contributed by atoms with Gasteiger partial charge in [0.15, 0.2) is 5.78 Å². The van der Waals surface area contributed by atoms with E-state index in [4.69, 9.17) is 11.6 Å². The number of amides is 1. The van der Waals surface area contributed by atoms with Crippen LogP contribution in [0.15, 0.2) is 0 Å². The predicted molar refractivity (Wildman–Crippen MR) is 70.2 cm³/mol. The lowest BCUT2D eigenvalue weighted by molar-refractivity contribution is -0.124. The molecule has 0 unspecified atom stereocenters. The highest BCUT2D eigenvalue weighted by molar-refractivity contribution is 7.99. The molecule has 0 bridgehead atoms. The molecule has 0 heterocycles. The molecule has 1 atom stereocenters. The zero-order valence-electron chi connectivity index (χ0n) is 9.92. The molecule has 0 aliphatic rings. The lowest BCUT2D eigenvalue weighted by Gasteiger charge is -2.14. The van der Waals surface area contributed by atoms with Gasteiger partial charge in [-0.15, -0.1) is 11.6 Å². The highest BCUT2D eigenvalue weighted by Crippen LogP contribution is 2.09. The fourth-order valence-electron chi connectivity index (χ4n) is 1.21. The molecule has 0 aromatic carbocycles. The molecule has 94 valence electrons. The van der Waals surface area contributed by atoms with Gasteiger partial charge < -0.3 is 5.32 Å². The van der Waals surface area contributed by atoms with Crippen LogP contribution in [0, 0.1) is 0 Å². The van der Waals surface area contributed by atoms with Crippen LogP contribution in [0.25, 0.3) is 0 Å². The first-order valence-corrected chi connectivity index (χ1v) is 7.24. The summed E-state index contributed by atoms with van der Waals surface area (Å²) >= 11 is 7.18. The Bertz CT molecular complexity index is 224. The van der Waals surface area contributed by atoms with Crippen LogP contribution < -0.4 is 5.32 Å². The monoisotopic (exact) mass is 265 g/mol. The standard InChI is InChI=1S/C11H20ClNO2S/c1-3-4-5-6-16-8-10(11(15)7-12)13-9(2)14/h10H,3-8H2,1-2H3,(H,13,14)/t10-/m0/s1. The third-order valence-corrected chi connectivity index (χ3v) is 3.48. The van der Waals surface area contributed by atoms with Crippen molar-refractivity contribution in [2.45, 2.75) is 39.2 Å². The van der Waals surface area contributed by atoms with Gasteiger partial charge in [-0.1, -0.05) is 19.8 Å². The molecule has 3 nitrogen and oxygen atoms in total. The molecule has 1 N–H and O–H groups in total. The number of ketones is 1. The number of unbranched alkanes of at least 4 members (excludes halogenated alkanes) is 2. The van der Waals surface area contributed by atoms with Crippen LogP contribution in [0.5, 0.6) is 0 Å². The predicted octanol–water partition coefficient (Wildman–Crippen LogP) is 2.22. The van der Waals surface area contributed by atoms with Crippen molar-refractivity contribution in [1.29, 1.82) is 0 Å². The number of carbonyl (C=O) groups is 2. The van der Waals surface area contributed by atoms with E-state index in [1.165, 1.54) is 19.8 Å². The second kappa shape index (κ2) is 9.97. The minimum absolute atomic E-state index is 0.0412. The van der Waals surface area contributed by atoms with E-state index in [2.05, 4.69) is 12.2 Å². The Morgan fingerprint density at radius 1 is 1.38 bits per heavy atom. The zero-order chi connectivity index (χ0) is 12.4. The van der Waals surface area contributed by atoms with Gasteiger partial charge in [0.2, 0.25) is 5.91 Å².